The molecular formula is C17H21N3O2. The Morgan fingerprint density at radius 1 is 1.41 bits per heavy atom. The quantitative estimate of drug-likeness (QED) is 0.842. The van der Waals surface area contributed by atoms with Crippen molar-refractivity contribution >= 4 is 17.6 Å². The van der Waals surface area contributed by atoms with Crippen LogP contribution in [0.25, 0.3) is 0 Å². The molecule has 1 aliphatic heterocycles. The van der Waals surface area contributed by atoms with Gasteiger partial charge in [0.25, 0.3) is 5.91 Å². The number of amides is 3. The van der Waals surface area contributed by atoms with Gasteiger partial charge in [-0.3, -0.25) is 9.69 Å². The lowest BCUT2D eigenvalue weighted by molar-refractivity contribution is 0.0941. The zero-order valence-corrected chi connectivity index (χ0v) is 12.8. The second kappa shape index (κ2) is 6.22. The summed E-state index contributed by atoms with van der Waals surface area (Å²) < 4.78 is 0. The van der Waals surface area contributed by atoms with E-state index in [-0.39, 0.29) is 18.0 Å². The number of rotatable bonds is 3. The van der Waals surface area contributed by atoms with E-state index in [0.29, 0.717) is 18.7 Å². The summed E-state index contributed by atoms with van der Waals surface area (Å²) in [7, 11) is 0. The number of anilines is 1. The molecule has 1 aromatic rings. The minimum Gasteiger partial charge on any atom is -0.346 e. The van der Waals surface area contributed by atoms with E-state index in [1.807, 2.05) is 25.1 Å². The van der Waals surface area contributed by atoms with Crippen LogP contribution in [0.4, 0.5) is 10.5 Å². The Hall–Kier alpha value is -2.30. The number of hydrogen-bond donors (Lipinski definition) is 2. The van der Waals surface area contributed by atoms with Crippen LogP contribution >= 0.6 is 0 Å². The van der Waals surface area contributed by atoms with Gasteiger partial charge in [0.2, 0.25) is 0 Å². The number of nitrogens with zero attached hydrogens (tertiary/aromatic N) is 1. The molecule has 3 rings (SSSR count). The minimum atomic E-state index is -0.101. The van der Waals surface area contributed by atoms with Crippen LogP contribution in [-0.4, -0.2) is 31.1 Å². The van der Waals surface area contributed by atoms with Crippen LogP contribution in [-0.2, 0) is 0 Å². The van der Waals surface area contributed by atoms with Crippen LogP contribution in [0.2, 0.25) is 0 Å². The highest BCUT2D eigenvalue weighted by Gasteiger charge is 2.24. The first-order chi connectivity index (χ1) is 10.7. The molecule has 1 aromatic carbocycles. The molecule has 5 nitrogen and oxygen atoms in total. The molecule has 0 saturated carbocycles. The molecular weight excluding hydrogens is 278 g/mol. The van der Waals surface area contributed by atoms with Gasteiger partial charge in [0.1, 0.15) is 0 Å². The predicted octanol–water partition coefficient (Wildman–Crippen LogP) is 2.36. The van der Waals surface area contributed by atoms with Gasteiger partial charge in [-0.05, 0) is 43.9 Å². The Kier molecular flexibility index (Phi) is 4.13. The number of carbonyl (C=O) groups excluding carboxylic acids is 2. The van der Waals surface area contributed by atoms with Gasteiger partial charge in [-0.1, -0.05) is 18.2 Å². The Morgan fingerprint density at radius 2 is 2.27 bits per heavy atom. The highest BCUT2D eigenvalue weighted by molar-refractivity contribution is 6.00. The van der Waals surface area contributed by atoms with Gasteiger partial charge >= 0.3 is 6.03 Å². The number of benzene rings is 1. The normalized spacial score (nSPS) is 20.9. The van der Waals surface area contributed by atoms with Crippen molar-refractivity contribution in [3.63, 3.8) is 0 Å². The van der Waals surface area contributed by atoms with E-state index < -0.39 is 0 Å². The fraction of sp³-hybridized carbons (Fsp3) is 0.412. The lowest BCUT2D eigenvalue weighted by atomic mass is 10.0. The summed E-state index contributed by atoms with van der Waals surface area (Å²) in [5.41, 5.74) is 2.29. The van der Waals surface area contributed by atoms with Crippen molar-refractivity contribution in [1.29, 1.82) is 0 Å². The molecule has 22 heavy (non-hydrogen) atoms. The van der Waals surface area contributed by atoms with Crippen LogP contribution in [0.15, 0.2) is 30.4 Å². The molecule has 116 valence electrons. The van der Waals surface area contributed by atoms with E-state index in [9.17, 15) is 9.59 Å². The molecule has 0 spiro atoms. The first-order valence-corrected chi connectivity index (χ1v) is 7.79. The molecule has 1 fully saturated rings. The lowest BCUT2D eigenvalue weighted by Gasteiger charge is -2.21. The molecule has 1 saturated heterocycles. The zero-order valence-electron chi connectivity index (χ0n) is 12.8. The van der Waals surface area contributed by atoms with Crippen LogP contribution in [0, 0.1) is 6.92 Å². The summed E-state index contributed by atoms with van der Waals surface area (Å²) >= 11 is 0. The van der Waals surface area contributed by atoms with Crippen molar-refractivity contribution in [2.75, 3.05) is 18.0 Å². The number of allylic oxidation sites excluding steroid dienone is 1. The average molecular weight is 299 g/mol. The van der Waals surface area contributed by atoms with Gasteiger partial charge < -0.3 is 10.6 Å². The maximum atomic E-state index is 12.5. The van der Waals surface area contributed by atoms with E-state index in [1.165, 1.54) is 0 Å². The van der Waals surface area contributed by atoms with Crippen molar-refractivity contribution in [3.8, 4) is 0 Å². The van der Waals surface area contributed by atoms with E-state index in [1.54, 1.807) is 4.90 Å². The Bertz CT molecular complexity index is 624. The Labute approximate surface area is 130 Å². The van der Waals surface area contributed by atoms with Gasteiger partial charge in [0.15, 0.2) is 0 Å². The van der Waals surface area contributed by atoms with E-state index in [0.717, 1.165) is 30.5 Å². The topological polar surface area (TPSA) is 61.4 Å². The summed E-state index contributed by atoms with van der Waals surface area (Å²) in [6, 6.07) is 5.54. The van der Waals surface area contributed by atoms with Gasteiger partial charge in [-0.25, -0.2) is 4.79 Å². The van der Waals surface area contributed by atoms with Crippen LogP contribution in [0.5, 0.6) is 0 Å². The molecule has 2 aliphatic rings. The monoisotopic (exact) mass is 299 g/mol. The van der Waals surface area contributed by atoms with Crippen molar-refractivity contribution in [3.05, 3.63) is 41.5 Å². The highest BCUT2D eigenvalue weighted by atomic mass is 16.2. The number of hydrogen-bond acceptors (Lipinski definition) is 2. The third-order valence-corrected chi connectivity index (χ3v) is 4.27. The van der Waals surface area contributed by atoms with Gasteiger partial charge in [-0.2, -0.15) is 0 Å². The van der Waals surface area contributed by atoms with Crippen molar-refractivity contribution < 1.29 is 9.59 Å². The third kappa shape index (κ3) is 2.84. The fourth-order valence-electron chi connectivity index (χ4n) is 3.04. The van der Waals surface area contributed by atoms with Gasteiger partial charge in [0.05, 0.1) is 0 Å². The maximum absolute atomic E-state index is 12.5. The molecule has 0 bridgehead atoms. The van der Waals surface area contributed by atoms with E-state index in [2.05, 4.69) is 22.8 Å². The standard InChI is InChI=1S/C17H21N3O2/c1-12-14(16(21)19-13-6-3-2-4-7-13)8-5-9-15(12)20-11-10-18-17(20)22/h3,5-6,8-9,13H,2,4,7,10-11H2,1H3,(H,18,22)(H,19,21)/t13-/m0/s1. The molecule has 1 atom stereocenters. The number of carbonyl (C=O) groups is 2. The zero-order chi connectivity index (χ0) is 15.5. The highest BCUT2D eigenvalue weighted by Crippen LogP contribution is 2.25. The van der Waals surface area contributed by atoms with Crippen molar-refractivity contribution in [2.45, 2.75) is 32.2 Å². The smallest absolute Gasteiger partial charge is 0.322 e. The predicted molar refractivity (Wildman–Crippen MR) is 86.2 cm³/mol. The summed E-state index contributed by atoms with van der Waals surface area (Å²) in [6.07, 6.45) is 7.36. The van der Waals surface area contributed by atoms with E-state index >= 15 is 0 Å². The number of urea groups is 1. The molecule has 0 radical (unpaired) electrons. The van der Waals surface area contributed by atoms with Crippen LogP contribution < -0.4 is 15.5 Å². The second-order valence-corrected chi connectivity index (χ2v) is 5.77. The average Bonchev–Trinajstić information content (AvgIpc) is 2.94. The van der Waals surface area contributed by atoms with Gasteiger partial charge in [0, 0.05) is 30.4 Å². The fourth-order valence-corrected chi connectivity index (χ4v) is 3.04. The molecule has 0 aromatic heterocycles. The summed E-state index contributed by atoms with van der Waals surface area (Å²) in [5, 5.41) is 5.85. The first-order valence-electron chi connectivity index (χ1n) is 7.79. The number of nitrogens with one attached hydrogen (secondary N) is 2. The maximum Gasteiger partial charge on any atom is 0.322 e. The van der Waals surface area contributed by atoms with Crippen molar-refractivity contribution in [2.24, 2.45) is 0 Å². The van der Waals surface area contributed by atoms with Crippen LogP contribution in [0.3, 0.4) is 0 Å². The summed E-state index contributed by atoms with van der Waals surface area (Å²) in [4.78, 5) is 26.0. The summed E-state index contributed by atoms with van der Waals surface area (Å²) in [6.45, 7) is 3.17. The molecule has 1 heterocycles. The Morgan fingerprint density at radius 3 is 2.95 bits per heavy atom. The summed E-state index contributed by atoms with van der Waals surface area (Å²) in [5.74, 6) is -0.0736. The minimum absolute atomic E-state index is 0.0736. The molecule has 5 heteroatoms. The lowest BCUT2D eigenvalue weighted by Crippen LogP contribution is -2.35. The molecule has 3 amide bonds. The van der Waals surface area contributed by atoms with E-state index in [4.69, 9.17) is 0 Å². The second-order valence-electron chi connectivity index (χ2n) is 5.77. The Balaban J connectivity index is 1.81. The SMILES string of the molecule is Cc1c(C(=O)N[C@H]2C=CCCC2)cccc1N1CCNC1=O. The molecule has 0 unspecified atom stereocenters. The third-order valence-electron chi connectivity index (χ3n) is 4.27. The molecule has 1 aliphatic carbocycles. The molecule has 2 N–H and O–H groups in total. The largest absolute Gasteiger partial charge is 0.346 e. The van der Waals surface area contributed by atoms with Gasteiger partial charge in [-0.15, -0.1) is 0 Å². The van der Waals surface area contributed by atoms with Crippen LogP contribution in [0.1, 0.15) is 35.2 Å². The first kappa shape index (κ1) is 14.6. The van der Waals surface area contributed by atoms with Crippen molar-refractivity contribution in [1.82, 2.24) is 10.6 Å².